The van der Waals surface area contributed by atoms with Crippen molar-refractivity contribution in [1.82, 2.24) is 0 Å². The van der Waals surface area contributed by atoms with Crippen LogP contribution in [0, 0.1) is 5.92 Å². The van der Waals surface area contributed by atoms with Crippen LogP contribution >= 0.6 is 0 Å². The van der Waals surface area contributed by atoms with E-state index in [1.165, 1.54) is 0 Å². The van der Waals surface area contributed by atoms with E-state index in [0.717, 1.165) is 19.3 Å². The van der Waals surface area contributed by atoms with Gasteiger partial charge in [0.2, 0.25) is 0 Å². The summed E-state index contributed by atoms with van der Waals surface area (Å²) in [6.45, 7) is 2.11. The molecule has 0 aromatic heterocycles. The minimum Gasteiger partial charge on any atom is -0.411 e. The van der Waals surface area contributed by atoms with E-state index in [4.69, 9.17) is 10.4 Å². The maximum Gasteiger partial charge on any atom is 0.105 e. The zero-order valence-electron chi connectivity index (χ0n) is 7.19. The predicted octanol–water partition coefficient (Wildman–Crippen LogP) is 1.86. The van der Waals surface area contributed by atoms with Crippen LogP contribution < -0.4 is 0 Å². The molecule has 0 bridgehead atoms. The van der Waals surface area contributed by atoms with Crippen LogP contribution in [0.3, 0.4) is 0 Å². The third-order valence-electron chi connectivity index (χ3n) is 2.42. The highest BCUT2D eigenvalue weighted by Crippen LogP contribution is 2.23. The molecule has 1 fully saturated rings. The molecule has 1 unspecified atom stereocenters. The molecular formula is C8H14N2O2. The topological polar surface area (TPSA) is 65.2 Å². The van der Waals surface area contributed by atoms with E-state index in [9.17, 15) is 0 Å². The lowest BCUT2D eigenvalue weighted by molar-refractivity contribution is 0.307. The van der Waals surface area contributed by atoms with Gasteiger partial charge in [-0.05, 0) is 25.2 Å². The molecule has 1 aliphatic carbocycles. The normalized spacial score (nSPS) is 31.2. The van der Waals surface area contributed by atoms with Gasteiger partial charge in [0.15, 0.2) is 0 Å². The summed E-state index contributed by atoms with van der Waals surface area (Å²) in [6, 6.07) is 0. The third-order valence-corrected chi connectivity index (χ3v) is 2.42. The largest absolute Gasteiger partial charge is 0.411 e. The van der Waals surface area contributed by atoms with Crippen LogP contribution in [0.1, 0.15) is 32.6 Å². The van der Waals surface area contributed by atoms with E-state index in [2.05, 4.69) is 17.2 Å². The molecule has 0 aromatic rings. The summed E-state index contributed by atoms with van der Waals surface area (Å²) in [5, 5.41) is 23.4. The third kappa shape index (κ3) is 1.75. The van der Waals surface area contributed by atoms with Crippen LogP contribution in [0.4, 0.5) is 0 Å². The van der Waals surface area contributed by atoms with Crippen LogP contribution in [0.5, 0.6) is 0 Å². The molecule has 0 saturated heterocycles. The van der Waals surface area contributed by atoms with Gasteiger partial charge in [-0.25, -0.2) is 0 Å². The first-order valence-corrected chi connectivity index (χ1v) is 4.24. The fraction of sp³-hybridized carbons (Fsp3) is 0.750. The van der Waals surface area contributed by atoms with Gasteiger partial charge in [-0.3, -0.25) is 0 Å². The molecular weight excluding hydrogens is 156 g/mol. The summed E-state index contributed by atoms with van der Waals surface area (Å²) in [7, 11) is 0. The van der Waals surface area contributed by atoms with Crippen molar-refractivity contribution in [1.29, 1.82) is 0 Å². The maximum atomic E-state index is 8.60. The average Bonchev–Trinajstić information content (AvgIpc) is 2.16. The molecule has 1 saturated carbocycles. The summed E-state index contributed by atoms with van der Waals surface area (Å²) >= 11 is 0. The summed E-state index contributed by atoms with van der Waals surface area (Å²) in [5.74, 6) is 0.571. The molecule has 4 heteroatoms. The SMILES string of the molecule is CCC1CCC(=NO)C(=NO)C1. The Morgan fingerprint density at radius 3 is 2.50 bits per heavy atom. The van der Waals surface area contributed by atoms with Crippen LogP contribution in [0.15, 0.2) is 10.3 Å². The Morgan fingerprint density at radius 2 is 2.00 bits per heavy atom. The van der Waals surface area contributed by atoms with Gasteiger partial charge in [-0.2, -0.15) is 0 Å². The standard InChI is InChI=1S/C8H14N2O2/c1-2-6-3-4-7(9-11)8(5-6)10-12/h6,11-12H,2-5H2,1H3. The Bertz CT molecular complexity index is 211. The van der Waals surface area contributed by atoms with E-state index >= 15 is 0 Å². The lowest BCUT2D eigenvalue weighted by Crippen LogP contribution is -2.25. The number of nitrogens with zero attached hydrogens (tertiary/aromatic N) is 2. The molecule has 0 spiro atoms. The molecule has 12 heavy (non-hydrogen) atoms. The quantitative estimate of drug-likeness (QED) is 0.466. The van der Waals surface area contributed by atoms with E-state index in [0.29, 0.717) is 23.8 Å². The van der Waals surface area contributed by atoms with Crippen molar-refractivity contribution in [3.8, 4) is 0 Å². The zero-order valence-corrected chi connectivity index (χ0v) is 7.19. The number of hydrogen-bond acceptors (Lipinski definition) is 4. The van der Waals surface area contributed by atoms with Crippen LogP contribution in [-0.2, 0) is 0 Å². The van der Waals surface area contributed by atoms with Crippen LogP contribution in [0.2, 0.25) is 0 Å². The van der Waals surface area contributed by atoms with Gasteiger partial charge in [0.1, 0.15) is 11.4 Å². The van der Waals surface area contributed by atoms with Crippen molar-refractivity contribution in [3.05, 3.63) is 0 Å². The Labute approximate surface area is 71.6 Å². The molecule has 4 nitrogen and oxygen atoms in total. The zero-order chi connectivity index (χ0) is 8.97. The lowest BCUT2D eigenvalue weighted by atomic mass is 9.85. The smallest absolute Gasteiger partial charge is 0.105 e. The van der Waals surface area contributed by atoms with Gasteiger partial charge < -0.3 is 10.4 Å². The molecule has 1 aliphatic rings. The van der Waals surface area contributed by atoms with Gasteiger partial charge in [-0.1, -0.05) is 23.7 Å². The first-order valence-electron chi connectivity index (χ1n) is 4.24. The van der Waals surface area contributed by atoms with Crippen molar-refractivity contribution in [2.24, 2.45) is 16.2 Å². The molecule has 1 atom stereocenters. The highest BCUT2D eigenvalue weighted by Gasteiger charge is 2.22. The number of hydrogen-bond donors (Lipinski definition) is 2. The molecule has 1 rings (SSSR count). The van der Waals surface area contributed by atoms with E-state index in [-0.39, 0.29) is 0 Å². The number of rotatable bonds is 1. The fourth-order valence-electron chi connectivity index (χ4n) is 1.53. The van der Waals surface area contributed by atoms with Gasteiger partial charge in [0, 0.05) is 0 Å². The molecule has 0 radical (unpaired) electrons. The van der Waals surface area contributed by atoms with Crippen molar-refractivity contribution in [2.75, 3.05) is 0 Å². The molecule has 0 amide bonds. The summed E-state index contributed by atoms with van der Waals surface area (Å²) in [6.07, 6.45) is 3.55. The Balaban J connectivity index is 2.67. The molecule has 0 aromatic carbocycles. The first kappa shape index (κ1) is 9.03. The Kier molecular flexibility index (Phi) is 3.08. The van der Waals surface area contributed by atoms with E-state index in [1.54, 1.807) is 0 Å². The molecule has 2 N–H and O–H groups in total. The Morgan fingerprint density at radius 1 is 1.33 bits per heavy atom. The second-order valence-corrected chi connectivity index (χ2v) is 3.11. The minimum atomic E-state index is 0.530. The second-order valence-electron chi connectivity index (χ2n) is 3.11. The van der Waals surface area contributed by atoms with Crippen LogP contribution in [0.25, 0.3) is 0 Å². The summed E-state index contributed by atoms with van der Waals surface area (Å²) in [5.41, 5.74) is 1.07. The summed E-state index contributed by atoms with van der Waals surface area (Å²) < 4.78 is 0. The van der Waals surface area contributed by atoms with Crippen molar-refractivity contribution in [2.45, 2.75) is 32.6 Å². The average molecular weight is 170 g/mol. The van der Waals surface area contributed by atoms with Gasteiger partial charge in [-0.15, -0.1) is 0 Å². The highest BCUT2D eigenvalue weighted by atomic mass is 16.4. The number of oxime groups is 2. The van der Waals surface area contributed by atoms with Crippen molar-refractivity contribution < 1.29 is 10.4 Å². The maximum absolute atomic E-state index is 8.60. The second kappa shape index (κ2) is 4.09. The predicted molar refractivity (Wildman–Crippen MR) is 46.1 cm³/mol. The van der Waals surface area contributed by atoms with Gasteiger partial charge in [0.25, 0.3) is 0 Å². The van der Waals surface area contributed by atoms with Crippen molar-refractivity contribution >= 4 is 11.4 Å². The highest BCUT2D eigenvalue weighted by molar-refractivity contribution is 6.42. The summed E-state index contributed by atoms with van der Waals surface area (Å²) in [4.78, 5) is 0. The van der Waals surface area contributed by atoms with Gasteiger partial charge in [0.05, 0.1) is 0 Å². The fourth-order valence-corrected chi connectivity index (χ4v) is 1.53. The first-order chi connectivity index (χ1) is 5.81. The molecule has 68 valence electrons. The molecule has 0 heterocycles. The monoisotopic (exact) mass is 170 g/mol. The molecule has 0 aliphatic heterocycles. The van der Waals surface area contributed by atoms with Crippen molar-refractivity contribution in [3.63, 3.8) is 0 Å². The lowest BCUT2D eigenvalue weighted by Gasteiger charge is -2.21. The van der Waals surface area contributed by atoms with Gasteiger partial charge >= 0.3 is 0 Å². The van der Waals surface area contributed by atoms with E-state index in [1.807, 2.05) is 0 Å². The van der Waals surface area contributed by atoms with Crippen LogP contribution in [-0.4, -0.2) is 21.8 Å². The van der Waals surface area contributed by atoms with E-state index < -0.39 is 0 Å². The minimum absolute atomic E-state index is 0.530. The Hall–Kier alpha value is -1.06.